The van der Waals surface area contributed by atoms with E-state index in [2.05, 4.69) is 9.97 Å². The molecule has 0 atom stereocenters. The Hall–Kier alpha value is -1.14. The van der Waals surface area contributed by atoms with Crippen molar-refractivity contribution in [1.82, 2.24) is 14.4 Å². The number of hydrogen-bond donors (Lipinski definition) is 0. The summed E-state index contributed by atoms with van der Waals surface area (Å²) in [6, 6.07) is 0. The molecule has 0 aliphatic heterocycles. The van der Waals surface area contributed by atoms with Crippen molar-refractivity contribution < 1.29 is 8.42 Å². The van der Waals surface area contributed by atoms with E-state index in [1.54, 1.807) is 0 Å². The van der Waals surface area contributed by atoms with E-state index < -0.39 is 9.05 Å². The summed E-state index contributed by atoms with van der Waals surface area (Å²) in [4.78, 5) is 7.61. The van der Waals surface area contributed by atoms with E-state index in [1.807, 2.05) is 0 Å². The zero-order valence-electron chi connectivity index (χ0n) is 6.25. The minimum atomic E-state index is -3.74. The Kier molecular flexibility index (Phi) is 1.74. The molecule has 0 radical (unpaired) electrons. The van der Waals surface area contributed by atoms with Gasteiger partial charge in [-0.05, 0) is 0 Å². The van der Waals surface area contributed by atoms with Crippen LogP contribution in [0, 0.1) is 0 Å². The molecule has 0 fully saturated rings. The maximum atomic E-state index is 11.0. The molecule has 0 amide bonds. The molecule has 0 saturated heterocycles. The molecule has 0 unspecified atom stereocenters. The van der Waals surface area contributed by atoms with Crippen LogP contribution in [-0.4, -0.2) is 22.8 Å². The number of aromatic nitrogens is 3. The van der Waals surface area contributed by atoms with Gasteiger partial charge in [0.05, 0.1) is 12.4 Å². The molecule has 0 bridgehead atoms. The maximum absolute atomic E-state index is 11.0. The van der Waals surface area contributed by atoms with Crippen molar-refractivity contribution in [1.29, 1.82) is 0 Å². The molecular weight excluding hydrogens is 214 g/mol. The van der Waals surface area contributed by atoms with Gasteiger partial charge in [-0.3, -0.25) is 9.38 Å². The first-order valence-electron chi connectivity index (χ1n) is 3.31. The molecule has 0 spiro atoms. The lowest BCUT2D eigenvalue weighted by Gasteiger charge is -1.94. The fourth-order valence-electron chi connectivity index (χ4n) is 0.999. The first kappa shape index (κ1) is 8.46. The second-order valence-corrected chi connectivity index (χ2v) is 4.85. The highest BCUT2D eigenvalue weighted by atomic mass is 35.7. The minimum Gasteiger partial charge on any atom is -0.287 e. The normalized spacial score (nSPS) is 12.1. The second-order valence-electron chi connectivity index (χ2n) is 2.34. The zero-order chi connectivity index (χ0) is 9.47. The van der Waals surface area contributed by atoms with Crippen LogP contribution in [0.2, 0.25) is 0 Å². The van der Waals surface area contributed by atoms with Crippen LogP contribution in [0.4, 0.5) is 0 Å². The summed E-state index contributed by atoms with van der Waals surface area (Å²) in [7, 11) is 1.43. The summed E-state index contributed by atoms with van der Waals surface area (Å²) < 4.78 is 23.3. The lowest BCUT2D eigenvalue weighted by Crippen LogP contribution is -1.96. The van der Waals surface area contributed by atoms with Crippen LogP contribution >= 0.6 is 10.7 Å². The van der Waals surface area contributed by atoms with Gasteiger partial charge >= 0.3 is 0 Å². The van der Waals surface area contributed by atoms with E-state index in [-0.39, 0.29) is 5.03 Å². The van der Waals surface area contributed by atoms with Crippen molar-refractivity contribution in [2.24, 2.45) is 0 Å². The van der Waals surface area contributed by atoms with Gasteiger partial charge in [-0.15, -0.1) is 0 Å². The van der Waals surface area contributed by atoms with Gasteiger partial charge in [0, 0.05) is 23.1 Å². The van der Waals surface area contributed by atoms with Crippen LogP contribution in [0.5, 0.6) is 0 Å². The highest BCUT2D eigenvalue weighted by Crippen LogP contribution is 2.15. The average molecular weight is 218 g/mol. The van der Waals surface area contributed by atoms with Crippen LogP contribution < -0.4 is 0 Å². The lowest BCUT2D eigenvalue weighted by molar-refractivity contribution is 0.605. The van der Waals surface area contributed by atoms with Crippen molar-refractivity contribution >= 4 is 25.4 Å². The molecule has 2 aromatic heterocycles. The van der Waals surface area contributed by atoms with Crippen LogP contribution in [0.3, 0.4) is 0 Å². The van der Waals surface area contributed by atoms with Gasteiger partial charge in [-0.1, -0.05) is 0 Å². The molecule has 2 rings (SSSR count). The molecule has 2 aromatic rings. The summed E-state index contributed by atoms with van der Waals surface area (Å²) in [5.74, 6) is 0. The summed E-state index contributed by atoms with van der Waals surface area (Å²) in [6.45, 7) is 0. The molecule has 68 valence electrons. The maximum Gasteiger partial charge on any atom is 0.278 e. The Morgan fingerprint density at radius 1 is 1.38 bits per heavy atom. The first-order valence-corrected chi connectivity index (χ1v) is 5.62. The second kappa shape index (κ2) is 2.68. The van der Waals surface area contributed by atoms with E-state index in [1.165, 1.54) is 29.2 Å². The van der Waals surface area contributed by atoms with E-state index in [9.17, 15) is 8.42 Å². The van der Waals surface area contributed by atoms with Gasteiger partial charge in [-0.2, -0.15) is 0 Å². The summed E-state index contributed by atoms with van der Waals surface area (Å²) >= 11 is 0. The zero-order valence-corrected chi connectivity index (χ0v) is 7.83. The van der Waals surface area contributed by atoms with Gasteiger partial charge in [0.2, 0.25) is 0 Å². The Bertz CT molecular complexity index is 548. The van der Waals surface area contributed by atoms with Crippen LogP contribution in [-0.2, 0) is 9.05 Å². The molecule has 7 heteroatoms. The van der Waals surface area contributed by atoms with Gasteiger partial charge in [-0.25, -0.2) is 13.4 Å². The third-order valence-electron chi connectivity index (χ3n) is 1.53. The van der Waals surface area contributed by atoms with E-state index in [4.69, 9.17) is 10.7 Å². The van der Waals surface area contributed by atoms with Crippen molar-refractivity contribution in [3.05, 3.63) is 24.8 Å². The first-order chi connectivity index (χ1) is 6.09. The third kappa shape index (κ3) is 1.38. The number of rotatable bonds is 1. The number of hydrogen-bond acceptors (Lipinski definition) is 4. The fourth-order valence-corrected chi connectivity index (χ4v) is 1.91. The lowest BCUT2D eigenvalue weighted by atomic mass is 10.7. The smallest absolute Gasteiger partial charge is 0.278 e. The molecule has 0 aromatic carbocycles. The van der Waals surface area contributed by atoms with E-state index >= 15 is 0 Å². The fraction of sp³-hybridized carbons (Fsp3) is 0. The number of fused-ring (bicyclic) bond motifs is 1. The molecular formula is C6H4ClN3O2S. The monoisotopic (exact) mass is 217 g/mol. The van der Waals surface area contributed by atoms with Gasteiger partial charge < -0.3 is 0 Å². The number of halogens is 1. The average Bonchev–Trinajstić information content (AvgIpc) is 2.45. The quantitative estimate of drug-likeness (QED) is 0.659. The van der Waals surface area contributed by atoms with Crippen molar-refractivity contribution in [3.8, 4) is 0 Å². The van der Waals surface area contributed by atoms with Crippen molar-refractivity contribution in [2.45, 2.75) is 5.03 Å². The predicted octanol–water partition coefficient (Wildman–Crippen LogP) is 0.657. The standard InChI is InChI=1S/C6H4ClN3O2S/c7-13(11,12)6-4-9-5-3-8-1-2-10(5)6/h1-4H. The van der Waals surface area contributed by atoms with Gasteiger partial charge in [0.1, 0.15) is 0 Å². The SMILES string of the molecule is O=S(=O)(Cl)c1cnc2cnccn12. The van der Waals surface area contributed by atoms with E-state index in [0.717, 1.165) is 0 Å². The van der Waals surface area contributed by atoms with Crippen LogP contribution in [0.15, 0.2) is 29.8 Å². The van der Waals surface area contributed by atoms with Gasteiger partial charge in [0.15, 0.2) is 10.7 Å². The topological polar surface area (TPSA) is 64.3 Å². The predicted molar refractivity (Wildman–Crippen MR) is 46.0 cm³/mol. The number of imidazole rings is 1. The van der Waals surface area contributed by atoms with Gasteiger partial charge in [0.25, 0.3) is 9.05 Å². The molecule has 13 heavy (non-hydrogen) atoms. The highest BCUT2D eigenvalue weighted by Gasteiger charge is 2.15. The molecule has 0 aliphatic carbocycles. The van der Waals surface area contributed by atoms with Crippen molar-refractivity contribution in [2.75, 3.05) is 0 Å². The third-order valence-corrected chi connectivity index (χ3v) is 2.81. The molecule has 0 aliphatic rings. The Balaban J connectivity index is 2.87. The molecule has 0 N–H and O–H groups in total. The van der Waals surface area contributed by atoms with Crippen LogP contribution in [0.1, 0.15) is 0 Å². The summed E-state index contributed by atoms with van der Waals surface area (Å²) in [6.07, 6.45) is 5.59. The van der Waals surface area contributed by atoms with Crippen LogP contribution in [0.25, 0.3) is 5.65 Å². The molecule has 2 heterocycles. The molecule has 0 saturated carbocycles. The highest BCUT2D eigenvalue weighted by molar-refractivity contribution is 8.13. The van der Waals surface area contributed by atoms with E-state index in [0.29, 0.717) is 5.65 Å². The Morgan fingerprint density at radius 2 is 2.15 bits per heavy atom. The Morgan fingerprint density at radius 3 is 2.85 bits per heavy atom. The number of nitrogens with zero attached hydrogens (tertiary/aromatic N) is 3. The minimum absolute atomic E-state index is 0.0495. The Labute approximate surface area is 78.4 Å². The summed E-state index contributed by atoms with van der Waals surface area (Å²) in [5.41, 5.74) is 0.446. The van der Waals surface area contributed by atoms with Crippen molar-refractivity contribution in [3.63, 3.8) is 0 Å². The summed E-state index contributed by atoms with van der Waals surface area (Å²) in [5, 5.41) is -0.0495. The molecule has 5 nitrogen and oxygen atoms in total. The largest absolute Gasteiger partial charge is 0.287 e.